The van der Waals surface area contributed by atoms with Crippen LogP contribution in [-0.2, 0) is 0 Å². The molecule has 0 unspecified atom stereocenters. The van der Waals surface area contributed by atoms with Gasteiger partial charge in [-0.05, 0) is 18.2 Å². The van der Waals surface area contributed by atoms with Gasteiger partial charge in [0.2, 0.25) is 0 Å². The molecule has 2 rings (SSSR count). The molecule has 1 aromatic carbocycles. The number of benzene rings is 1. The van der Waals surface area contributed by atoms with Crippen molar-refractivity contribution in [3.05, 3.63) is 42.6 Å². The second kappa shape index (κ2) is 2.10. The molecule has 1 heterocycles. The Morgan fingerprint density at radius 2 is 2.20 bits per heavy atom. The van der Waals surface area contributed by atoms with Gasteiger partial charge in [-0.1, -0.05) is 12.1 Å². The molecule has 0 fully saturated rings. The highest BCUT2D eigenvalue weighted by Gasteiger charge is 1.87. The number of rotatable bonds is 0. The minimum absolute atomic E-state index is 0.973. The molecule has 0 bridgehead atoms. The molecule has 0 amide bonds. The minimum Gasteiger partial charge on any atom is -0.256 e. The molecule has 1 heteroatoms. The van der Waals surface area contributed by atoms with E-state index in [9.17, 15) is 0 Å². The van der Waals surface area contributed by atoms with Crippen LogP contribution in [0, 0.1) is 12.1 Å². The molecule has 0 saturated heterocycles. The third kappa shape index (κ3) is 0.760. The first-order valence-corrected chi connectivity index (χ1v) is 3.09. The molecule has 2 aromatic rings. The summed E-state index contributed by atoms with van der Waals surface area (Å²) in [6.07, 6.45) is 1.66. The Hall–Kier alpha value is -1.37. The van der Waals surface area contributed by atoms with Crippen molar-refractivity contribution in [2.75, 3.05) is 0 Å². The van der Waals surface area contributed by atoms with Gasteiger partial charge < -0.3 is 0 Å². The predicted octanol–water partition coefficient (Wildman–Crippen LogP) is 1.84. The molecule has 0 saturated carbocycles. The topological polar surface area (TPSA) is 12.9 Å². The van der Waals surface area contributed by atoms with Crippen molar-refractivity contribution in [2.24, 2.45) is 0 Å². The van der Waals surface area contributed by atoms with Gasteiger partial charge in [0.1, 0.15) is 0 Å². The van der Waals surface area contributed by atoms with Crippen molar-refractivity contribution in [1.82, 2.24) is 4.98 Å². The average Bonchev–Trinajstić information content (AvgIpc) is 2.05. The van der Waals surface area contributed by atoms with E-state index in [-0.39, 0.29) is 0 Å². The average molecular weight is 127 g/mol. The summed E-state index contributed by atoms with van der Waals surface area (Å²) in [4.78, 5) is 4.09. The van der Waals surface area contributed by atoms with Crippen LogP contribution in [-0.4, -0.2) is 4.98 Å². The highest BCUT2D eigenvalue weighted by atomic mass is 14.6. The summed E-state index contributed by atoms with van der Waals surface area (Å²) in [7, 11) is 0. The van der Waals surface area contributed by atoms with Crippen molar-refractivity contribution >= 4 is 10.9 Å². The van der Waals surface area contributed by atoms with Gasteiger partial charge in [-0.15, -0.1) is 0 Å². The molecule has 46 valence electrons. The maximum atomic E-state index is 4.09. The largest absolute Gasteiger partial charge is 0.256 e. The highest BCUT2D eigenvalue weighted by molar-refractivity contribution is 5.77. The zero-order valence-electron chi connectivity index (χ0n) is 5.33. The van der Waals surface area contributed by atoms with Gasteiger partial charge in [-0.3, -0.25) is 4.98 Å². The fourth-order valence-corrected chi connectivity index (χ4v) is 0.901. The van der Waals surface area contributed by atoms with Gasteiger partial charge in [0.25, 0.3) is 0 Å². The Labute approximate surface area is 59.3 Å². The Morgan fingerprint density at radius 3 is 3.10 bits per heavy atom. The van der Waals surface area contributed by atoms with Gasteiger partial charge in [0, 0.05) is 17.6 Å². The highest BCUT2D eigenvalue weighted by Crippen LogP contribution is 2.07. The number of hydrogen-bond donors (Lipinski definition) is 0. The lowest BCUT2D eigenvalue weighted by Gasteiger charge is -1.90. The van der Waals surface area contributed by atoms with Crippen LogP contribution in [0.15, 0.2) is 30.5 Å². The number of aromatic nitrogens is 1. The lowest BCUT2D eigenvalue weighted by Crippen LogP contribution is -1.74. The Bertz CT molecular complexity index is 276. The molecular weight excluding hydrogens is 122 g/mol. The molecule has 0 atom stereocenters. The monoisotopic (exact) mass is 127 g/mol. The molecule has 1 aromatic heterocycles. The van der Waals surface area contributed by atoms with Crippen molar-refractivity contribution < 1.29 is 0 Å². The van der Waals surface area contributed by atoms with Crippen LogP contribution < -0.4 is 0 Å². The number of hydrogen-bond acceptors (Lipinski definition) is 1. The smallest absolute Gasteiger partial charge is 0.0708 e. The molecule has 10 heavy (non-hydrogen) atoms. The van der Waals surface area contributed by atoms with Crippen LogP contribution in [0.5, 0.6) is 0 Å². The van der Waals surface area contributed by atoms with E-state index in [4.69, 9.17) is 0 Å². The molecular formula is C9H5N. The van der Waals surface area contributed by atoms with Crippen LogP contribution in [0.25, 0.3) is 10.9 Å². The first-order valence-electron chi connectivity index (χ1n) is 3.09. The quantitative estimate of drug-likeness (QED) is 0.526. The second-order valence-corrected chi connectivity index (χ2v) is 2.05. The predicted molar refractivity (Wildman–Crippen MR) is 39.4 cm³/mol. The number of pyridine rings is 1. The summed E-state index contributed by atoms with van der Waals surface area (Å²) < 4.78 is 0. The van der Waals surface area contributed by atoms with Crippen molar-refractivity contribution in [1.29, 1.82) is 0 Å². The van der Waals surface area contributed by atoms with Crippen molar-refractivity contribution in [2.45, 2.75) is 0 Å². The summed E-state index contributed by atoms with van der Waals surface area (Å²) in [5.74, 6) is 0. The fourth-order valence-electron chi connectivity index (χ4n) is 0.901. The Kier molecular flexibility index (Phi) is 1.14. The number of nitrogens with zero attached hydrogens (tertiary/aromatic N) is 1. The zero-order chi connectivity index (χ0) is 6.81. The fraction of sp³-hybridized carbons (Fsp3) is 0. The van der Waals surface area contributed by atoms with Crippen molar-refractivity contribution in [3.63, 3.8) is 0 Å². The molecule has 2 radical (unpaired) electrons. The standard InChI is InChI=1S/C9H5N/c1-2-6-9-8(4-1)5-3-7-10-9/h1,4-7H. The SMILES string of the molecule is [c]1cnc2c[c]ccc2c1. The van der Waals surface area contributed by atoms with E-state index in [1.807, 2.05) is 24.3 Å². The van der Waals surface area contributed by atoms with E-state index in [0.717, 1.165) is 10.9 Å². The van der Waals surface area contributed by atoms with E-state index in [0.29, 0.717) is 0 Å². The summed E-state index contributed by atoms with van der Waals surface area (Å²) >= 11 is 0. The summed E-state index contributed by atoms with van der Waals surface area (Å²) in [6, 6.07) is 13.5. The molecule has 0 aliphatic carbocycles. The summed E-state index contributed by atoms with van der Waals surface area (Å²) in [5.41, 5.74) is 0.973. The zero-order valence-corrected chi connectivity index (χ0v) is 5.33. The van der Waals surface area contributed by atoms with E-state index in [2.05, 4.69) is 17.1 Å². The van der Waals surface area contributed by atoms with Gasteiger partial charge >= 0.3 is 0 Å². The van der Waals surface area contributed by atoms with Crippen LogP contribution in [0.1, 0.15) is 0 Å². The maximum Gasteiger partial charge on any atom is 0.0708 e. The lowest BCUT2D eigenvalue weighted by molar-refractivity contribution is 1.40. The van der Waals surface area contributed by atoms with E-state index < -0.39 is 0 Å². The summed E-state index contributed by atoms with van der Waals surface area (Å²) in [6.45, 7) is 0. The number of fused-ring (bicyclic) bond motifs is 1. The Morgan fingerprint density at radius 1 is 1.20 bits per heavy atom. The van der Waals surface area contributed by atoms with Gasteiger partial charge in [-0.2, -0.15) is 0 Å². The van der Waals surface area contributed by atoms with Crippen LogP contribution >= 0.6 is 0 Å². The van der Waals surface area contributed by atoms with E-state index in [1.165, 1.54) is 0 Å². The molecule has 0 N–H and O–H groups in total. The third-order valence-corrected chi connectivity index (χ3v) is 1.39. The molecule has 1 nitrogen and oxygen atoms in total. The van der Waals surface area contributed by atoms with Crippen LogP contribution in [0.2, 0.25) is 0 Å². The van der Waals surface area contributed by atoms with E-state index in [1.54, 1.807) is 6.20 Å². The molecule has 0 aliphatic heterocycles. The van der Waals surface area contributed by atoms with Gasteiger partial charge in [0.05, 0.1) is 5.52 Å². The third-order valence-electron chi connectivity index (χ3n) is 1.39. The Balaban J connectivity index is 2.89. The summed E-state index contributed by atoms with van der Waals surface area (Å²) in [5, 5.41) is 1.11. The van der Waals surface area contributed by atoms with Gasteiger partial charge in [0.15, 0.2) is 0 Å². The molecule has 0 aliphatic rings. The minimum atomic E-state index is 0.973. The van der Waals surface area contributed by atoms with E-state index >= 15 is 0 Å². The first kappa shape index (κ1) is 5.42. The maximum absolute atomic E-state index is 4.09. The second-order valence-electron chi connectivity index (χ2n) is 2.05. The normalized spacial score (nSPS) is 10.0. The lowest BCUT2D eigenvalue weighted by atomic mass is 10.2. The van der Waals surface area contributed by atoms with Crippen LogP contribution in [0.4, 0.5) is 0 Å². The molecule has 0 spiro atoms. The first-order chi connectivity index (χ1) is 4.97. The van der Waals surface area contributed by atoms with Crippen LogP contribution in [0.3, 0.4) is 0 Å². The van der Waals surface area contributed by atoms with Crippen molar-refractivity contribution in [3.8, 4) is 0 Å². The van der Waals surface area contributed by atoms with Gasteiger partial charge in [-0.25, -0.2) is 0 Å².